The monoisotopic (exact) mass is 504 g/mol. The summed E-state index contributed by atoms with van der Waals surface area (Å²) in [6.07, 6.45) is 14.3. The molecule has 2 amide bonds. The van der Waals surface area contributed by atoms with Crippen molar-refractivity contribution in [3.63, 3.8) is 0 Å². The first-order chi connectivity index (χ1) is 17.4. The van der Waals surface area contributed by atoms with Gasteiger partial charge in [-0.2, -0.15) is 10.2 Å². The fourth-order valence-corrected chi connectivity index (χ4v) is 6.09. The van der Waals surface area contributed by atoms with E-state index >= 15 is 0 Å². The lowest BCUT2D eigenvalue weighted by atomic mass is 10.2. The molecule has 0 bridgehead atoms. The van der Waals surface area contributed by atoms with Crippen LogP contribution in [0.5, 0.6) is 0 Å². The SMILES string of the molecule is Cc1ncc(NC(=O)CCN2CCCC23CC3)cc1NC(=O)c1cnn2cc(-c3cnn(C)c3)sc12. The van der Waals surface area contributed by atoms with Crippen LogP contribution in [-0.4, -0.2) is 59.7 Å². The van der Waals surface area contributed by atoms with Crippen molar-refractivity contribution in [1.82, 2.24) is 29.3 Å². The minimum absolute atomic E-state index is 0.0412. The number of hydrogen-bond donors (Lipinski definition) is 2. The molecule has 5 heterocycles. The van der Waals surface area contributed by atoms with Crippen molar-refractivity contribution in [3.8, 4) is 10.4 Å². The van der Waals surface area contributed by atoms with Crippen LogP contribution in [0.3, 0.4) is 0 Å². The van der Waals surface area contributed by atoms with Gasteiger partial charge in [-0.15, -0.1) is 11.3 Å². The van der Waals surface area contributed by atoms with Crippen LogP contribution in [0.1, 0.15) is 48.2 Å². The van der Waals surface area contributed by atoms with Gasteiger partial charge in [0.15, 0.2) is 0 Å². The van der Waals surface area contributed by atoms with Crippen LogP contribution >= 0.6 is 11.3 Å². The number of nitrogens with one attached hydrogen (secondary N) is 2. The summed E-state index contributed by atoms with van der Waals surface area (Å²) < 4.78 is 3.44. The summed E-state index contributed by atoms with van der Waals surface area (Å²) in [4.78, 5) is 34.3. The summed E-state index contributed by atoms with van der Waals surface area (Å²) in [5.41, 5.74) is 3.63. The summed E-state index contributed by atoms with van der Waals surface area (Å²) in [5.74, 6) is -0.317. The van der Waals surface area contributed by atoms with Gasteiger partial charge in [-0.1, -0.05) is 0 Å². The Morgan fingerprint density at radius 3 is 2.75 bits per heavy atom. The van der Waals surface area contributed by atoms with E-state index in [-0.39, 0.29) is 11.8 Å². The minimum Gasteiger partial charge on any atom is -0.325 e. The van der Waals surface area contributed by atoms with Crippen molar-refractivity contribution in [2.24, 2.45) is 7.05 Å². The van der Waals surface area contributed by atoms with E-state index in [1.807, 2.05) is 26.4 Å². The molecule has 36 heavy (non-hydrogen) atoms. The van der Waals surface area contributed by atoms with E-state index < -0.39 is 0 Å². The number of hydrogen-bond acceptors (Lipinski definition) is 7. The number of aryl methyl sites for hydroxylation is 2. The molecule has 10 nitrogen and oxygen atoms in total. The van der Waals surface area contributed by atoms with Crippen LogP contribution in [0, 0.1) is 6.92 Å². The third kappa shape index (κ3) is 4.28. The molecule has 0 atom stereocenters. The maximum Gasteiger partial charge on any atom is 0.260 e. The number of amides is 2. The Morgan fingerprint density at radius 2 is 1.97 bits per heavy atom. The van der Waals surface area contributed by atoms with Crippen molar-refractivity contribution in [1.29, 1.82) is 0 Å². The highest BCUT2D eigenvalue weighted by Gasteiger charge is 2.50. The van der Waals surface area contributed by atoms with Gasteiger partial charge in [0.25, 0.3) is 5.91 Å². The van der Waals surface area contributed by atoms with Gasteiger partial charge < -0.3 is 10.6 Å². The molecule has 1 saturated heterocycles. The lowest BCUT2D eigenvalue weighted by Gasteiger charge is -2.23. The second-order valence-corrected chi connectivity index (χ2v) is 10.8. The van der Waals surface area contributed by atoms with Crippen LogP contribution in [-0.2, 0) is 11.8 Å². The van der Waals surface area contributed by atoms with Crippen molar-refractivity contribution in [3.05, 3.63) is 48.3 Å². The van der Waals surface area contributed by atoms with Crippen LogP contribution in [0.2, 0.25) is 0 Å². The van der Waals surface area contributed by atoms with Gasteiger partial charge in [0.2, 0.25) is 5.91 Å². The number of fused-ring (bicyclic) bond motifs is 1. The first kappa shape index (κ1) is 22.9. The fraction of sp³-hybridized carbons (Fsp3) is 0.400. The molecule has 2 N–H and O–H groups in total. The van der Waals surface area contributed by atoms with Crippen molar-refractivity contribution < 1.29 is 9.59 Å². The maximum atomic E-state index is 13.1. The summed E-state index contributed by atoms with van der Waals surface area (Å²) in [5, 5.41) is 14.4. The fourth-order valence-electron chi connectivity index (χ4n) is 5.06. The van der Waals surface area contributed by atoms with Gasteiger partial charge >= 0.3 is 0 Å². The Balaban J connectivity index is 1.13. The summed E-state index contributed by atoms with van der Waals surface area (Å²) in [6.45, 7) is 3.70. The number of pyridine rings is 1. The van der Waals surface area contributed by atoms with E-state index in [9.17, 15) is 9.59 Å². The van der Waals surface area contributed by atoms with Gasteiger partial charge in [-0.3, -0.25) is 24.2 Å². The normalized spacial score (nSPS) is 16.6. The van der Waals surface area contributed by atoms with Crippen molar-refractivity contribution >= 4 is 39.4 Å². The van der Waals surface area contributed by atoms with Crippen molar-refractivity contribution in [2.45, 2.75) is 44.6 Å². The number of likely N-dealkylation sites (tertiary alicyclic amines) is 1. The lowest BCUT2D eigenvalue weighted by molar-refractivity contribution is -0.116. The zero-order valence-electron chi connectivity index (χ0n) is 20.3. The van der Waals surface area contributed by atoms with E-state index in [0.717, 1.165) is 28.4 Å². The average molecular weight is 505 g/mol. The van der Waals surface area contributed by atoms with Crippen molar-refractivity contribution in [2.75, 3.05) is 23.7 Å². The number of carbonyl (C=O) groups is 2. The van der Waals surface area contributed by atoms with Gasteiger partial charge in [0, 0.05) is 43.5 Å². The first-order valence-electron chi connectivity index (χ1n) is 12.2. The molecule has 0 unspecified atom stereocenters. The first-order valence-corrected chi connectivity index (χ1v) is 13.0. The molecule has 1 aliphatic carbocycles. The molecule has 0 aromatic carbocycles. The van der Waals surface area contributed by atoms with E-state index in [0.29, 0.717) is 34.6 Å². The van der Waals surface area contributed by atoms with Crippen LogP contribution in [0.15, 0.2) is 37.1 Å². The molecule has 2 aliphatic rings. The number of nitrogens with zero attached hydrogens (tertiary/aromatic N) is 6. The van der Waals surface area contributed by atoms with E-state index in [4.69, 9.17) is 0 Å². The highest BCUT2D eigenvalue weighted by molar-refractivity contribution is 7.21. The number of thiazole rings is 1. The van der Waals surface area contributed by atoms with Gasteiger partial charge in [0.1, 0.15) is 4.83 Å². The largest absolute Gasteiger partial charge is 0.325 e. The lowest BCUT2D eigenvalue weighted by Crippen LogP contribution is -2.33. The topological polar surface area (TPSA) is 109 Å². The Bertz CT molecular complexity index is 1460. The molecular weight excluding hydrogens is 476 g/mol. The minimum atomic E-state index is -0.276. The maximum absolute atomic E-state index is 13.1. The molecule has 11 heteroatoms. The van der Waals surface area contributed by atoms with Crippen LogP contribution in [0.4, 0.5) is 11.4 Å². The molecule has 1 aliphatic heterocycles. The molecule has 2 fully saturated rings. The van der Waals surface area contributed by atoms with Gasteiger partial charge in [0.05, 0.1) is 46.1 Å². The molecule has 4 aromatic heterocycles. The Labute approximate surface area is 212 Å². The Hall–Kier alpha value is -3.57. The standard InChI is InChI=1S/C25H28N8O2S/c1-16-20(10-18(12-26-16)29-22(34)4-9-32-8-3-5-25(32)6-7-25)30-23(35)19-13-28-33-15-21(36-24(19)33)17-11-27-31(2)14-17/h10-15H,3-9H2,1-2H3,(H,29,34)(H,30,35). The Kier molecular flexibility index (Phi) is 5.60. The molecule has 6 rings (SSSR count). The summed E-state index contributed by atoms with van der Waals surface area (Å²) >= 11 is 1.48. The second kappa shape index (κ2) is 8.82. The second-order valence-electron chi connectivity index (χ2n) is 9.73. The molecule has 1 saturated carbocycles. The molecular formula is C25H28N8O2S. The predicted octanol–water partition coefficient (Wildman–Crippen LogP) is 3.71. The zero-order chi connectivity index (χ0) is 24.9. The molecule has 4 aromatic rings. The molecule has 1 spiro atoms. The average Bonchev–Trinajstić information content (AvgIpc) is 3.21. The van der Waals surface area contributed by atoms with E-state index in [2.05, 4.69) is 30.7 Å². The van der Waals surface area contributed by atoms with Gasteiger partial charge in [-0.25, -0.2) is 4.52 Å². The van der Waals surface area contributed by atoms with Gasteiger partial charge in [-0.05, 0) is 45.2 Å². The highest BCUT2D eigenvalue weighted by atomic mass is 32.1. The number of aromatic nitrogens is 5. The number of carbonyl (C=O) groups excluding carboxylic acids is 2. The quantitative estimate of drug-likeness (QED) is 0.397. The highest BCUT2D eigenvalue weighted by Crippen LogP contribution is 2.49. The van der Waals surface area contributed by atoms with Crippen LogP contribution in [0.25, 0.3) is 15.3 Å². The van der Waals surface area contributed by atoms with Crippen LogP contribution < -0.4 is 10.6 Å². The molecule has 0 radical (unpaired) electrons. The molecule has 186 valence electrons. The number of rotatable bonds is 7. The third-order valence-corrected chi connectivity index (χ3v) is 8.39. The summed E-state index contributed by atoms with van der Waals surface area (Å²) in [6, 6.07) is 1.76. The third-order valence-electron chi connectivity index (χ3n) is 7.23. The zero-order valence-corrected chi connectivity index (χ0v) is 21.1. The number of anilines is 2. The summed E-state index contributed by atoms with van der Waals surface area (Å²) in [7, 11) is 1.87. The Morgan fingerprint density at radius 1 is 1.11 bits per heavy atom. The predicted molar refractivity (Wildman–Crippen MR) is 138 cm³/mol. The van der Waals surface area contributed by atoms with E-state index in [1.54, 1.807) is 33.9 Å². The smallest absolute Gasteiger partial charge is 0.260 e. The van der Waals surface area contributed by atoms with E-state index in [1.165, 1.54) is 37.0 Å².